The van der Waals surface area contributed by atoms with E-state index < -0.39 is 0 Å². The second-order valence-electron chi connectivity index (χ2n) is 5.07. The van der Waals surface area contributed by atoms with E-state index in [9.17, 15) is 0 Å². The first-order valence-corrected chi connectivity index (χ1v) is 7.39. The molecule has 20 heavy (non-hydrogen) atoms. The van der Waals surface area contributed by atoms with Gasteiger partial charge < -0.3 is 10.6 Å². The molecule has 0 heterocycles. The Balaban J connectivity index is 1.56. The van der Waals surface area contributed by atoms with E-state index in [4.69, 9.17) is 0 Å². The molecule has 0 fully saturated rings. The van der Waals surface area contributed by atoms with Gasteiger partial charge >= 0.3 is 0 Å². The molecule has 0 aromatic heterocycles. The second kappa shape index (κ2) is 8.51. The summed E-state index contributed by atoms with van der Waals surface area (Å²) in [6, 6.07) is 21.6. The molecule has 0 saturated heterocycles. The Morgan fingerprint density at radius 2 is 1.45 bits per heavy atom. The van der Waals surface area contributed by atoms with Crippen LogP contribution in [0.5, 0.6) is 0 Å². The maximum atomic E-state index is 3.54. The fourth-order valence-electron chi connectivity index (χ4n) is 2.24. The van der Waals surface area contributed by atoms with Crippen LogP contribution in [-0.2, 0) is 6.42 Å². The van der Waals surface area contributed by atoms with E-state index in [1.54, 1.807) is 0 Å². The summed E-state index contributed by atoms with van der Waals surface area (Å²) in [5, 5.41) is 7.01. The lowest BCUT2D eigenvalue weighted by atomic mass is 10.1. The SMILES string of the molecule is CC(NCCNCCc1ccccc1)c1ccccc1. The molecule has 2 N–H and O–H groups in total. The maximum Gasteiger partial charge on any atom is 0.0292 e. The molecule has 0 aliphatic rings. The Labute approximate surface area is 122 Å². The van der Waals surface area contributed by atoms with Gasteiger partial charge in [0.1, 0.15) is 0 Å². The summed E-state index contributed by atoms with van der Waals surface area (Å²) in [7, 11) is 0. The fourth-order valence-corrected chi connectivity index (χ4v) is 2.24. The fraction of sp³-hybridized carbons (Fsp3) is 0.333. The van der Waals surface area contributed by atoms with Crippen LogP contribution in [0.4, 0.5) is 0 Å². The maximum absolute atomic E-state index is 3.54. The topological polar surface area (TPSA) is 24.1 Å². The number of benzene rings is 2. The molecule has 0 bridgehead atoms. The Morgan fingerprint density at radius 1 is 0.800 bits per heavy atom. The molecule has 106 valence electrons. The molecule has 2 rings (SSSR count). The number of nitrogens with one attached hydrogen (secondary N) is 2. The van der Waals surface area contributed by atoms with E-state index in [0.717, 1.165) is 26.1 Å². The Bertz CT molecular complexity index is 467. The van der Waals surface area contributed by atoms with Crippen molar-refractivity contribution in [1.29, 1.82) is 0 Å². The first kappa shape index (κ1) is 14.8. The predicted octanol–water partition coefficient (Wildman–Crippen LogP) is 3.17. The first-order valence-electron chi connectivity index (χ1n) is 7.39. The normalized spacial score (nSPS) is 12.2. The average molecular weight is 268 g/mol. The monoisotopic (exact) mass is 268 g/mol. The van der Waals surface area contributed by atoms with Gasteiger partial charge in [-0.1, -0.05) is 60.7 Å². The van der Waals surface area contributed by atoms with Gasteiger partial charge in [0.05, 0.1) is 0 Å². The molecule has 1 atom stereocenters. The smallest absolute Gasteiger partial charge is 0.0292 e. The van der Waals surface area contributed by atoms with Crippen LogP contribution in [0.1, 0.15) is 24.1 Å². The minimum Gasteiger partial charge on any atom is -0.315 e. The third-order valence-corrected chi connectivity index (χ3v) is 3.49. The highest BCUT2D eigenvalue weighted by Gasteiger charge is 2.02. The highest BCUT2D eigenvalue weighted by molar-refractivity contribution is 5.18. The van der Waals surface area contributed by atoms with Gasteiger partial charge in [0.25, 0.3) is 0 Å². The highest BCUT2D eigenvalue weighted by atomic mass is 15.0. The Morgan fingerprint density at radius 3 is 2.15 bits per heavy atom. The summed E-state index contributed by atoms with van der Waals surface area (Å²) in [6.45, 7) is 5.24. The number of hydrogen-bond donors (Lipinski definition) is 2. The van der Waals surface area contributed by atoms with E-state index in [1.165, 1.54) is 11.1 Å². The zero-order chi connectivity index (χ0) is 14.0. The molecule has 2 aromatic rings. The van der Waals surface area contributed by atoms with Crippen molar-refractivity contribution < 1.29 is 0 Å². The van der Waals surface area contributed by atoms with Crippen LogP contribution in [0.3, 0.4) is 0 Å². The zero-order valence-electron chi connectivity index (χ0n) is 12.2. The average Bonchev–Trinajstić information content (AvgIpc) is 2.52. The largest absolute Gasteiger partial charge is 0.315 e. The molecular formula is C18H24N2. The lowest BCUT2D eigenvalue weighted by Crippen LogP contribution is -2.30. The third kappa shape index (κ3) is 5.16. The van der Waals surface area contributed by atoms with Crippen molar-refractivity contribution in [3.63, 3.8) is 0 Å². The van der Waals surface area contributed by atoms with Crippen molar-refractivity contribution in [2.75, 3.05) is 19.6 Å². The minimum atomic E-state index is 0.409. The van der Waals surface area contributed by atoms with Crippen LogP contribution in [0.15, 0.2) is 60.7 Å². The standard InChI is InChI=1S/C18H24N2/c1-16(18-10-6-3-7-11-18)20-15-14-19-13-12-17-8-4-2-5-9-17/h2-11,16,19-20H,12-15H2,1H3. The Hall–Kier alpha value is -1.64. The quantitative estimate of drug-likeness (QED) is 0.719. The summed E-state index contributed by atoms with van der Waals surface area (Å²) in [5.74, 6) is 0. The van der Waals surface area contributed by atoms with Gasteiger partial charge in [-0.25, -0.2) is 0 Å². The van der Waals surface area contributed by atoms with Crippen LogP contribution in [-0.4, -0.2) is 19.6 Å². The van der Waals surface area contributed by atoms with Gasteiger partial charge in [-0.05, 0) is 31.0 Å². The number of hydrogen-bond acceptors (Lipinski definition) is 2. The van der Waals surface area contributed by atoms with E-state index in [0.29, 0.717) is 6.04 Å². The van der Waals surface area contributed by atoms with Gasteiger partial charge in [-0.15, -0.1) is 0 Å². The summed E-state index contributed by atoms with van der Waals surface area (Å²) in [6.07, 6.45) is 1.09. The molecule has 2 heteroatoms. The van der Waals surface area contributed by atoms with Gasteiger partial charge in [-0.3, -0.25) is 0 Å². The molecule has 0 radical (unpaired) electrons. The van der Waals surface area contributed by atoms with Gasteiger partial charge in [0.15, 0.2) is 0 Å². The number of rotatable bonds is 8. The zero-order valence-corrected chi connectivity index (χ0v) is 12.2. The van der Waals surface area contributed by atoms with Crippen LogP contribution in [0, 0.1) is 0 Å². The minimum absolute atomic E-state index is 0.409. The van der Waals surface area contributed by atoms with E-state index in [1.807, 2.05) is 0 Å². The second-order valence-corrected chi connectivity index (χ2v) is 5.07. The molecular weight excluding hydrogens is 244 g/mol. The van der Waals surface area contributed by atoms with Crippen molar-refractivity contribution in [1.82, 2.24) is 10.6 Å². The van der Waals surface area contributed by atoms with Crippen molar-refractivity contribution in [3.8, 4) is 0 Å². The molecule has 1 unspecified atom stereocenters. The van der Waals surface area contributed by atoms with Crippen molar-refractivity contribution >= 4 is 0 Å². The molecule has 0 spiro atoms. The van der Waals surface area contributed by atoms with E-state index in [2.05, 4.69) is 78.2 Å². The molecule has 2 aromatic carbocycles. The van der Waals surface area contributed by atoms with Crippen LogP contribution < -0.4 is 10.6 Å². The molecule has 0 amide bonds. The van der Waals surface area contributed by atoms with Crippen molar-refractivity contribution in [2.45, 2.75) is 19.4 Å². The predicted molar refractivity (Wildman–Crippen MR) is 85.9 cm³/mol. The summed E-state index contributed by atoms with van der Waals surface area (Å²) < 4.78 is 0. The van der Waals surface area contributed by atoms with Gasteiger partial charge in [0, 0.05) is 19.1 Å². The summed E-state index contributed by atoms with van der Waals surface area (Å²) >= 11 is 0. The third-order valence-electron chi connectivity index (χ3n) is 3.49. The lowest BCUT2D eigenvalue weighted by Gasteiger charge is -2.14. The van der Waals surface area contributed by atoms with E-state index >= 15 is 0 Å². The van der Waals surface area contributed by atoms with Gasteiger partial charge in [-0.2, -0.15) is 0 Å². The van der Waals surface area contributed by atoms with Crippen LogP contribution in [0.2, 0.25) is 0 Å². The lowest BCUT2D eigenvalue weighted by molar-refractivity contribution is 0.546. The van der Waals surface area contributed by atoms with Gasteiger partial charge in [0.2, 0.25) is 0 Å². The van der Waals surface area contributed by atoms with Crippen molar-refractivity contribution in [3.05, 3.63) is 71.8 Å². The van der Waals surface area contributed by atoms with Crippen molar-refractivity contribution in [2.24, 2.45) is 0 Å². The Kier molecular flexibility index (Phi) is 6.28. The molecule has 2 nitrogen and oxygen atoms in total. The molecule has 0 aliphatic carbocycles. The summed E-state index contributed by atoms with van der Waals surface area (Å²) in [5.41, 5.74) is 2.74. The summed E-state index contributed by atoms with van der Waals surface area (Å²) in [4.78, 5) is 0. The first-order chi connectivity index (χ1) is 9.86. The molecule has 0 aliphatic heterocycles. The highest BCUT2D eigenvalue weighted by Crippen LogP contribution is 2.10. The van der Waals surface area contributed by atoms with Crippen LogP contribution >= 0.6 is 0 Å². The van der Waals surface area contributed by atoms with Crippen LogP contribution in [0.25, 0.3) is 0 Å². The molecule has 0 saturated carbocycles. The van der Waals surface area contributed by atoms with E-state index in [-0.39, 0.29) is 0 Å².